The Morgan fingerprint density at radius 2 is 2.33 bits per heavy atom. The second-order valence-electron chi connectivity index (χ2n) is 3.92. The Bertz CT molecular complexity index is 310. The molecule has 0 radical (unpaired) electrons. The minimum Gasteiger partial charge on any atom is -0.313 e. The lowest BCUT2D eigenvalue weighted by Gasteiger charge is -2.22. The summed E-state index contributed by atoms with van der Waals surface area (Å²) in [5.74, 6) is 1.15. The van der Waals surface area contributed by atoms with Crippen molar-refractivity contribution in [2.45, 2.75) is 30.2 Å². The number of piperidine rings is 1. The molecule has 1 aliphatic rings. The van der Waals surface area contributed by atoms with E-state index < -0.39 is 0 Å². The molecule has 0 spiro atoms. The summed E-state index contributed by atoms with van der Waals surface area (Å²) in [6, 6.07) is 8.78. The van der Waals surface area contributed by atoms with E-state index >= 15 is 0 Å². The number of benzene rings is 1. The number of thioether (sulfide) groups is 1. The number of hydrogen-bond donors (Lipinski definition) is 1. The van der Waals surface area contributed by atoms with Gasteiger partial charge in [-0.25, -0.2) is 0 Å². The molecular formula is C12H16ClNS. The van der Waals surface area contributed by atoms with Crippen molar-refractivity contribution in [3.63, 3.8) is 0 Å². The van der Waals surface area contributed by atoms with Crippen molar-refractivity contribution in [2.75, 3.05) is 12.3 Å². The van der Waals surface area contributed by atoms with Crippen molar-refractivity contribution < 1.29 is 0 Å². The Morgan fingerprint density at radius 3 is 3.07 bits per heavy atom. The van der Waals surface area contributed by atoms with Crippen LogP contribution in [0.2, 0.25) is 5.02 Å². The molecule has 0 amide bonds. The van der Waals surface area contributed by atoms with Crippen LogP contribution in [0, 0.1) is 0 Å². The monoisotopic (exact) mass is 241 g/mol. The van der Waals surface area contributed by atoms with Crippen LogP contribution in [0.25, 0.3) is 0 Å². The highest BCUT2D eigenvalue weighted by molar-refractivity contribution is 7.99. The van der Waals surface area contributed by atoms with Crippen LogP contribution in [-0.4, -0.2) is 18.3 Å². The molecule has 1 unspecified atom stereocenters. The molecule has 0 aromatic heterocycles. The van der Waals surface area contributed by atoms with E-state index in [9.17, 15) is 0 Å². The van der Waals surface area contributed by atoms with Crippen molar-refractivity contribution in [3.8, 4) is 0 Å². The van der Waals surface area contributed by atoms with Gasteiger partial charge in [0.15, 0.2) is 0 Å². The molecule has 0 bridgehead atoms. The summed E-state index contributed by atoms with van der Waals surface area (Å²) < 4.78 is 0. The molecule has 0 aliphatic carbocycles. The minimum atomic E-state index is 0.683. The van der Waals surface area contributed by atoms with Gasteiger partial charge in [0, 0.05) is 21.7 Å². The first-order valence-corrected chi connectivity index (χ1v) is 6.83. The first kappa shape index (κ1) is 11.3. The summed E-state index contributed by atoms with van der Waals surface area (Å²) in [5.41, 5.74) is 0. The van der Waals surface area contributed by atoms with E-state index in [1.165, 1.54) is 30.7 Å². The highest BCUT2D eigenvalue weighted by Crippen LogP contribution is 2.23. The summed E-state index contributed by atoms with van der Waals surface area (Å²) in [6.07, 6.45) is 4.01. The van der Waals surface area contributed by atoms with Crippen LogP contribution in [0.3, 0.4) is 0 Å². The van der Waals surface area contributed by atoms with Crippen molar-refractivity contribution in [3.05, 3.63) is 29.3 Å². The number of halogens is 1. The fraction of sp³-hybridized carbons (Fsp3) is 0.500. The minimum absolute atomic E-state index is 0.683. The van der Waals surface area contributed by atoms with E-state index in [1.54, 1.807) is 0 Å². The average Bonchev–Trinajstić information content (AvgIpc) is 2.28. The molecule has 15 heavy (non-hydrogen) atoms. The van der Waals surface area contributed by atoms with Gasteiger partial charge in [-0.05, 0) is 37.6 Å². The zero-order valence-electron chi connectivity index (χ0n) is 8.71. The molecule has 1 aliphatic heterocycles. The molecule has 0 saturated carbocycles. The third kappa shape index (κ3) is 3.71. The van der Waals surface area contributed by atoms with E-state index in [2.05, 4.69) is 11.4 Å². The molecule has 1 atom stereocenters. The first-order chi connectivity index (χ1) is 7.34. The maximum absolute atomic E-state index is 5.94. The van der Waals surface area contributed by atoms with Crippen molar-refractivity contribution in [1.82, 2.24) is 5.32 Å². The molecule has 2 rings (SSSR count). The SMILES string of the molecule is Clc1cccc(SCC2CCCCN2)c1. The molecule has 82 valence electrons. The van der Waals surface area contributed by atoms with Gasteiger partial charge < -0.3 is 5.32 Å². The summed E-state index contributed by atoms with van der Waals surface area (Å²) in [5, 5.41) is 4.38. The van der Waals surface area contributed by atoms with Crippen molar-refractivity contribution in [1.29, 1.82) is 0 Å². The Balaban J connectivity index is 1.81. The molecule has 1 saturated heterocycles. The Morgan fingerprint density at radius 1 is 1.40 bits per heavy atom. The normalized spacial score (nSPS) is 21.5. The zero-order chi connectivity index (χ0) is 10.5. The maximum atomic E-state index is 5.94. The molecular weight excluding hydrogens is 226 g/mol. The summed E-state index contributed by atoms with van der Waals surface area (Å²) in [6.45, 7) is 1.18. The van der Waals surface area contributed by atoms with E-state index in [4.69, 9.17) is 11.6 Å². The van der Waals surface area contributed by atoms with Crippen LogP contribution in [0.15, 0.2) is 29.2 Å². The Kier molecular flexibility index (Phi) is 4.36. The van der Waals surface area contributed by atoms with Gasteiger partial charge in [-0.15, -0.1) is 11.8 Å². The summed E-state index contributed by atoms with van der Waals surface area (Å²) in [7, 11) is 0. The van der Waals surface area contributed by atoms with Gasteiger partial charge >= 0.3 is 0 Å². The van der Waals surface area contributed by atoms with Gasteiger partial charge in [0.05, 0.1) is 0 Å². The maximum Gasteiger partial charge on any atom is 0.0417 e. The molecule has 1 N–H and O–H groups in total. The quantitative estimate of drug-likeness (QED) is 0.812. The highest BCUT2D eigenvalue weighted by Gasteiger charge is 2.12. The summed E-state index contributed by atoms with van der Waals surface area (Å²) in [4.78, 5) is 1.27. The lowest BCUT2D eigenvalue weighted by atomic mass is 10.1. The van der Waals surface area contributed by atoms with E-state index in [0.717, 1.165) is 10.8 Å². The summed E-state index contributed by atoms with van der Waals surface area (Å²) >= 11 is 7.83. The van der Waals surface area contributed by atoms with Crippen molar-refractivity contribution >= 4 is 23.4 Å². The van der Waals surface area contributed by atoms with E-state index in [0.29, 0.717) is 6.04 Å². The highest BCUT2D eigenvalue weighted by atomic mass is 35.5. The standard InChI is InChI=1S/C12H16ClNS/c13-10-4-3-6-12(8-10)15-9-11-5-1-2-7-14-11/h3-4,6,8,11,14H,1-2,5,7,9H2. The van der Waals surface area contributed by atoms with Gasteiger partial charge in [-0.3, -0.25) is 0 Å². The average molecular weight is 242 g/mol. The van der Waals surface area contributed by atoms with Gasteiger partial charge in [0.25, 0.3) is 0 Å². The lowest BCUT2D eigenvalue weighted by molar-refractivity contribution is 0.430. The molecule has 1 heterocycles. The molecule has 1 aromatic rings. The molecule has 1 aromatic carbocycles. The predicted molar refractivity (Wildman–Crippen MR) is 67.8 cm³/mol. The largest absolute Gasteiger partial charge is 0.313 e. The molecule has 1 fully saturated rings. The molecule has 1 nitrogen and oxygen atoms in total. The van der Waals surface area contributed by atoms with Gasteiger partial charge in [-0.2, -0.15) is 0 Å². The number of nitrogens with one attached hydrogen (secondary N) is 1. The van der Waals surface area contributed by atoms with E-state index in [-0.39, 0.29) is 0 Å². The number of hydrogen-bond acceptors (Lipinski definition) is 2. The fourth-order valence-corrected chi connectivity index (χ4v) is 3.14. The van der Waals surface area contributed by atoms with Crippen molar-refractivity contribution in [2.24, 2.45) is 0 Å². The fourth-order valence-electron chi connectivity index (χ4n) is 1.82. The predicted octanol–water partition coefficient (Wildman–Crippen LogP) is 3.57. The third-order valence-corrected chi connectivity index (χ3v) is 4.05. The van der Waals surface area contributed by atoms with Crippen LogP contribution >= 0.6 is 23.4 Å². The lowest BCUT2D eigenvalue weighted by Crippen LogP contribution is -2.35. The topological polar surface area (TPSA) is 12.0 Å². The van der Waals surface area contributed by atoms with Crippen LogP contribution in [-0.2, 0) is 0 Å². The smallest absolute Gasteiger partial charge is 0.0417 e. The molecule has 3 heteroatoms. The number of rotatable bonds is 3. The van der Waals surface area contributed by atoms with Gasteiger partial charge in [-0.1, -0.05) is 24.1 Å². The Hall–Kier alpha value is -0.180. The van der Waals surface area contributed by atoms with Crippen LogP contribution in [0.1, 0.15) is 19.3 Å². The van der Waals surface area contributed by atoms with Crippen LogP contribution in [0.4, 0.5) is 0 Å². The van der Waals surface area contributed by atoms with E-state index in [1.807, 2.05) is 30.0 Å². The first-order valence-electron chi connectivity index (χ1n) is 5.46. The second kappa shape index (κ2) is 5.78. The second-order valence-corrected chi connectivity index (χ2v) is 5.45. The van der Waals surface area contributed by atoms with Gasteiger partial charge in [0.1, 0.15) is 0 Å². The third-order valence-electron chi connectivity index (χ3n) is 2.66. The van der Waals surface area contributed by atoms with Crippen LogP contribution < -0.4 is 5.32 Å². The zero-order valence-corrected chi connectivity index (χ0v) is 10.3. The van der Waals surface area contributed by atoms with Gasteiger partial charge in [0.2, 0.25) is 0 Å². The van der Waals surface area contributed by atoms with Crippen LogP contribution in [0.5, 0.6) is 0 Å². The Labute approximate surface area is 101 Å².